The van der Waals surface area contributed by atoms with E-state index in [2.05, 4.69) is 48.3 Å². The summed E-state index contributed by atoms with van der Waals surface area (Å²) in [4.78, 5) is 4.30. The molecule has 1 nitrogen and oxygen atoms in total. The van der Waals surface area contributed by atoms with Crippen LogP contribution in [0.3, 0.4) is 0 Å². The van der Waals surface area contributed by atoms with Crippen molar-refractivity contribution in [1.82, 2.24) is 0 Å². The maximum Gasteiger partial charge on any atom is 0.0457 e. The molecule has 0 fully saturated rings. The first-order valence-corrected chi connectivity index (χ1v) is 5.58. The first-order chi connectivity index (χ1) is 7.73. The van der Waals surface area contributed by atoms with Crippen molar-refractivity contribution in [2.45, 2.75) is 26.2 Å². The van der Waals surface area contributed by atoms with Gasteiger partial charge in [-0.15, -0.1) is 0 Å². The zero-order chi connectivity index (χ0) is 11.9. The van der Waals surface area contributed by atoms with Crippen LogP contribution in [-0.4, -0.2) is 6.21 Å². The lowest BCUT2D eigenvalue weighted by atomic mass is 9.83. The van der Waals surface area contributed by atoms with Gasteiger partial charge in [-0.25, -0.2) is 0 Å². The van der Waals surface area contributed by atoms with Crippen LogP contribution in [0.2, 0.25) is 0 Å². The summed E-state index contributed by atoms with van der Waals surface area (Å²) < 4.78 is 0. The second-order valence-corrected chi connectivity index (χ2v) is 3.91. The van der Waals surface area contributed by atoms with Crippen LogP contribution in [0.15, 0.2) is 59.8 Å². The molecule has 0 saturated carbocycles. The maximum atomic E-state index is 4.30. The highest BCUT2D eigenvalue weighted by Crippen LogP contribution is 2.23. The Kier molecular flexibility index (Phi) is 4.71. The minimum atomic E-state index is -0.129. The summed E-state index contributed by atoms with van der Waals surface area (Å²) in [6, 6.07) is 10.4. The molecule has 0 aliphatic carbocycles. The first kappa shape index (κ1) is 12.4. The zero-order valence-corrected chi connectivity index (χ0v) is 10.2. The lowest BCUT2D eigenvalue weighted by Crippen LogP contribution is -2.20. The Balaban J connectivity index is 3.06. The monoisotopic (exact) mass is 213 g/mol. The van der Waals surface area contributed by atoms with Crippen LogP contribution in [0, 0.1) is 0 Å². The van der Waals surface area contributed by atoms with Crippen LogP contribution in [0.5, 0.6) is 0 Å². The third-order valence-corrected chi connectivity index (χ3v) is 2.49. The van der Waals surface area contributed by atoms with Gasteiger partial charge in [0, 0.05) is 17.8 Å². The van der Waals surface area contributed by atoms with Gasteiger partial charge in [-0.05, 0) is 26.3 Å². The molecule has 1 atom stereocenters. The highest BCUT2D eigenvalue weighted by atomic mass is 14.7. The summed E-state index contributed by atoms with van der Waals surface area (Å²) in [5.74, 6) is 0. The van der Waals surface area contributed by atoms with Gasteiger partial charge in [0.25, 0.3) is 0 Å². The van der Waals surface area contributed by atoms with Crippen molar-refractivity contribution in [1.29, 1.82) is 0 Å². The Morgan fingerprint density at radius 3 is 2.31 bits per heavy atom. The van der Waals surface area contributed by atoms with E-state index in [1.165, 1.54) is 5.56 Å². The Hall–Kier alpha value is -1.63. The molecule has 0 aromatic heterocycles. The van der Waals surface area contributed by atoms with Crippen molar-refractivity contribution in [2.75, 3.05) is 0 Å². The summed E-state index contributed by atoms with van der Waals surface area (Å²) >= 11 is 0. The summed E-state index contributed by atoms with van der Waals surface area (Å²) in [7, 11) is 0. The number of benzene rings is 1. The lowest BCUT2D eigenvalue weighted by Gasteiger charge is -2.21. The Labute approximate surface area is 98.2 Å². The van der Waals surface area contributed by atoms with Crippen LogP contribution in [-0.2, 0) is 5.41 Å². The second kappa shape index (κ2) is 6.06. The van der Waals surface area contributed by atoms with E-state index in [0.29, 0.717) is 0 Å². The van der Waals surface area contributed by atoms with E-state index in [1.807, 2.05) is 38.4 Å². The normalized spacial score (nSPS) is 16.2. The number of nitrogens with zero attached hydrogens (tertiary/aromatic N) is 1. The number of hydrogen-bond donors (Lipinski definition) is 0. The standard InChI is InChI=1S/C15H19N/c1-4-11-15(3,13-16-12-5-2)14-9-7-6-8-10-14/h4-13H,1-3H3/b11-4-,12-5-,16-13?. The lowest BCUT2D eigenvalue weighted by molar-refractivity contribution is 0.826. The topological polar surface area (TPSA) is 12.4 Å². The van der Waals surface area contributed by atoms with Gasteiger partial charge in [0.1, 0.15) is 0 Å². The Morgan fingerprint density at radius 2 is 1.75 bits per heavy atom. The van der Waals surface area contributed by atoms with Gasteiger partial charge in [0.2, 0.25) is 0 Å². The summed E-state index contributed by atoms with van der Waals surface area (Å²) in [6.45, 7) is 6.16. The van der Waals surface area contributed by atoms with Crippen molar-refractivity contribution in [3.63, 3.8) is 0 Å². The first-order valence-electron chi connectivity index (χ1n) is 5.58. The average Bonchev–Trinajstić information content (AvgIpc) is 2.31. The molecule has 0 bridgehead atoms. The minimum Gasteiger partial charge on any atom is -0.268 e. The van der Waals surface area contributed by atoms with Crippen LogP contribution < -0.4 is 0 Å². The molecule has 0 aliphatic heterocycles. The summed E-state index contributed by atoms with van der Waals surface area (Å²) in [5, 5.41) is 0. The SMILES string of the molecule is C/C=C\N=CC(C)(/C=C\C)c1ccccc1. The summed E-state index contributed by atoms with van der Waals surface area (Å²) in [6.07, 6.45) is 9.94. The quantitative estimate of drug-likeness (QED) is 0.527. The predicted molar refractivity (Wildman–Crippen MR) is 71.9 cm³/mol. The van der Waals surface area contributed by atoms with E-state index < -0.39 is 0 Å². The van der Waals surface area contributed by atoms with E-state index in [-0.39, 0.29) is 5.41 Å². The van der Waals surface area contributed by atoms with E-state index in [1.54, 1.807) is 0 Å². The van der Waals surface area contributed by atoms with Crippen molar-refractivity contribution < 1.29 is 0 Å². The van der Waals surface area contributed by atoms with Crippen molar-refractivity contribution in [3.8, 4) is 0 Å². The molecular weight excluding hydrogens is 194 g/mol. The fourth-order valence-electron chi connectivity index (χ4n) is 1.64. The van der Waals surface area contributed by atoms with Crippen LogP contribution in [0.25, 0.3) is 0 Å². The second-order valence-electron chi connectivity index (χ2n) is 3.91. The van der Waals surface area contributed by atoms with Gasteiger partial charge in [-0.3, -0.25) is 4.99 Å². The zero-order valence-electron chi connectivity index (χ0n) is 10.2. The molecule has 0 amide bonds. The third kappa shape index (κ3) is 3.20. The molecule has 84 valence electrons. The highest BCUT2D eigenvalue weighted by molar-refractivity contribution is 5.76. The third-order valence-electron chi connectivity index (χ3n) is 2.49. The fourth-order valence-corrected chi connectivity index (χ4v) is 1.64. The van der Waals surface area contributed by atoms with E-state index in [4.69, 9.17) is 0 Å². The van der Waals surface area contributed by atoms with Crippen LogP contribution in [0.4, 0.5) is 0 Å². The molecule has 16 heavy (non-hydrogen) atoms. The van der Waals surface area contributed by atoms with Gasteiger partial charge >= 0.3 is 0 Å². The van der Waals surface area contributed by atoms with Gasteiger partial charge in [-0.1, -0.05) is 48.6 Å². The maximum absolute atomic E-state index is 4.30. The molecule has 1 aromatic rings. The van der Waals surface area contributed by atoms with E-state index in [9.17, 15) is 0 Å². The number of hydrogen-bond acceptors (Lipinski definition) is 1. The van der Waals surface area contributed by atoms with E-state index in [0.717, 1.165) is 0 Å². The van der Waals surface area contributed by atoms with Gasteiger partial charge in [0.15, 0.2) is 0 Å². The molecule has 0 radical (unpaired) electrons. The molecule has 1 unspecified atom stereocenters. The molecule has 0 heterocycles. The highest BCUT2D eigenvalue weighted by Gasteiger charge is 2.19. The molecule has 0 saturated heterocycles. The predicted octanol–water partition coefficient (Wildman–Crippen LogP) is 4.12. The Morgan fingerprint density at radius 1 is 1.06 bits per heavy atom. The van der Waals surface area contributed by atoms with Gasteiger partial charge < -0.3 is 0 Å². The smallest absolute Gasteiger partial charge is 0.0457 e. The molecule has 1 rings (SSSR count). The molecule has 1 heteroatoms. The van der Waals surface area contributed by atoms with Crippen molar-refractivity contribution in [2.24, 2.45) is 4.99 Å². The van der Waals surface area contributed by atoms with Crippen molar-refractivity contribution >= 4 is 6.21 Å². The number of aliphatic imine (C=N–C) groups is 1. The number of allylic oxidation sites excluding steroid dienone is 3. The Bertz CT molecular complexity index is 387. The molecule has 1 aromatic carbocycles. The fraction of sp³-hybridized carbons (Fsp3) is 0.267. The van der Waals surface area contributed by atoms with Gasteiger partial charge in [0.05, 0.1) is 0 Å². The van der Waals surface area contributed by atoms with Gasteiger partial charge in [-0.2, -0.15) is 0 Å². The van der Waals surface area contributed by atoms with Crippen LogP contribution >= 0.6 is 0 Å². The minimum absolute atomic E-state index is 0.129. The number of rotatable bonds is 4. The molecular formula is C15H19N. The average molecular weight is 213 g/mol. The van der Waals surface area contributed by atoms with E-state index >= 15 is 0 Å². The molecule has 0 spiro atoms. The van der Waals surface area contributed by atoms with Crippen molar-refractivity contribution in [3.05, 3.63) is 60.3 Å². The molecule has 0 N–H and O–H groups in total. The molecule has 0 aliphatic rings. The summed E-state index contributed by atoms with van der Waals surface area (Å²) in [5.41, 5.74) is 1.12. The van der Waals surface area contributed by atoms with Crippen LogP contribution in [0.1, 0.15) is 26.3 Å². The largest absolute Gasteiger partial charge is 0.268 e.